The Morgan fingerprint density at radius 2 is 2.17 bits per heavy atom. The number of carbonyl (C=O) groups is 1. The van der Waals surface area contributed by atoms with Crippen molar-refractivity contribution in [2.45, 2.75) is 25.8 Å². The highest BCUT2D eigenvalue weighted by Gasteiger charge is 2.18. The van der Waals surface area contributed by atoms with Gasteiger partial charge in [-0.25, -0.2) is 0 Å². The van der Waals surface area contributed by atoms with E-state index in [4.69, 9.17) is 22.1 Å². The fourth-order valence-electron chi connectivity index (χ4n) is 1.47. The number of anilines is 1. The maximum Gasteiger partial charge on any atom is 0.226 e. The molecule has 0 bridgehead atoms. The first-order valence-electron chi connectivity index (χ1n) is 5.34. The molecule has 1 amide bonds. The fourth-order valence-corrected chi connectivity index (χ4v) is 2.44. The van der Waals surface area contributed by atoms with Crippen molar-refractivity contribution in [2.24, 2.45) is 5.73 Å². The van der Waals surface area contributed by atoms with E-state index in [9.17, 15) is 4.79 Å². The van der Waals surface area contributed by atoms with Crippen molar-refractivity contribution in [3.8, 4) is 5.75 Å². The summed E-state index contributed by atoms with van der Waals surface area (Å²) in [6.07, 6.45) is 0.209. The van der Waals surface area contributed by atoms with Gasteiger partial charge in [-0.1, -0.05) is 11.6 Å². The van der Waals surface area contributed by atoms with Gasteiger partial charge in [0.15, 0.2) is 5.75 Å². The lowest BCUT2D eigenvalue weighted by atomic mass is 10.0. The second kappa shape index (κ2) is 5.91. The zero-order valence-corrected chi connectivity index (χ0v) is 12.9. The van der Waals surface area contributed by atoms with Crippen LogP contribution in [0.1, 0.15) is 20.3 Å². The number of ether oxygens (including phenoxy) is 1. The number of hydrogen-bond donors (Lipinski definition) is 2. The van der Waals surface area contributed by atoms with Crippen LogP contribution in [-0.2, 0) is 4.79 Å². The molecule has 18 heavy (non-hydrogen) atoms. The molecule has 0 aliphatic rings. The second-order valence-electron chi connectivity index (χ2n) is 4.68. The van der Waals surface area contributed by atoms with E-state index >= 15 is 0 Å². The Labute approximate surface area is 120 Å². The highest BCUT2D eigenvalue weighted by atomic mass is 79.9. The number of carbonyl (C=O) groups excluding carboxylic acids is 1. The summed E-state index contributed by atoms with van der Waals surface area (Å²) in [5, 5.41) is 3.25. The van der Waals surface area contributed by atoms with Crippen molar-refractivity contribution in [1.82, 2.24) is 0 Å². The third-order valence-electron chi connectivity index (χ3n) is 2.10. The molecule has 0 fully saturated rings. The number of amides is 1. The van der Waals surface area contributed by atoms with Crippen LogP contribution in [0.3, 0.4) is 0 Å². The van der Waals surface area contributed by atoms with E-state index in [1.54, 1.807) is 26.0 Å². The number of methoxy groups -OCH3 is 1. The average molecular weight is 336 g/mol. The highest BCUT2D eigenvalue weighted by Crippen LogP contribution is 2.36. The van der Waals surface area contributed by atoms with Gasteiger partial charge in [0, 0.05) is 17.0 Å². The minimum atomic E-state index is -0.562. The predicted octanol–water partition coefficient (Wildman–Crippen LogP) is 3.18. The molecule has 0 unspecified atom stereocenters. The largest absolute Gasteiger partial charge is 0.493 e. The lowest BCUT2D eigenvalue weighted by Crippen LogP contribution is -2.36. The third-order valence-corrected chi connectivity index (χ3v) is 2.91. The van der Waals surface area contributed by atoms with Crippen LogP contribution in [0.4, 0.5) is 5.69 Å². The molecule has 0 aliphatic heterocycles. The summed E-state index contributed by atoms with van der Waals surface area (Å²) in [7, 11) is 1.52. The Hall–Kier alpha value is -0.780. The SMILES string of the molecule is COc1c(Br)cc(Cl)cc1NC(=O)CC(C)(C)N. The first-order chi connectivity index (χ1) is 8.23. The van der Waals surface area contributed by atoms with E-state index in [1.807, 2.05) is 0 Å². The molecule has 6 heteroatoms. The van der Waals surface area contributed by atoms with Crippen LogP contribution in [0, 0.1) is 0 Å². The smallest absolute Gasteiger partial charge is 0.226 e. The summed E-state index contributed by atoms with van der Waals surface area (Å²) in [4.78, 5) is 11.8. The summed E-state index contributed by atoms with van der Waals surface area (Å²) < 4.78 is 5.89. The summed E-state index contributed by atoms with van der Waals surface area (Å²) in [5.41, 5.74) is 5.75. The lowest BCUT2D eigenvalue weighted by molar-refractivity contribution is -0.117. The number of benzene rings is 1. The molecule has 1 rings (SSSR count). The first kappa shape index (κ1) is 15.3. The van der Waals surface area contributed by atoms with E-state index in [1.165, 1.54) is 7.11 Å². The molecule has 0 aromatic heterocycles. The zero-order chi connectivity index (χ0) is 13.9. The van der Waals surface area contributed by atoms with Gasteiger partial charge in [0.05, 0.1) is 17.3 Å². The Kier molecular flexibility index (Phi) is 5.01. The predicted molar refractivity (Wildman–Crippen MR) is 77.2 cm³/mol. The molecule has 0 aliphatic carbocycles. The van der Waals surface area contributed by atoms with Crippen LogP contribution in [0.15, 0.2) is 16.6 Å². The molecule has 1 aromatic rings. The first-order valence-corrected chi connectivity index (χ1v) is 6.52. The lowest BCUT2D eigenvalue weighted by Gasteiger charge is -2.18. The van der Waals surface area contributed by atoms with Gasteiger partial charge >= 0.3 is 0 Å². The molecule has 0 saturated carbocycles. The third kappa shape index (κ3) is 4.48. The van der Waals surface area contributed by atoms with Gasteiger partial charge in [0.1, 0.15) is 0 Å². The highest BCUT2D eigenvalue weighted by molar-refractivity contribution is 9.10. The topological polar surface area (TPSA) is 64.3 Å². The fraction of sp³-hybridized carbons (Fsp3) is 0.417. The summed E-state index contributed by atoms with van der Waals surface area (Å²) in [6, 6.07) is 3.33. The molecule has 0 saturated heterocycles. The van der Waals surface area contributed by atoms with Gasteiger partial charge in [0.2, 0.25) is 5.91 Å². The maximum atomic E-state index is 11.8. The summed E-state index contributed by atoms with van der Waals surface area (Å²) in [6.45, 7) is 3.58. The molecule has 100 valence electrons. The molecule has 0 heterocycles. The summed E-state index contributed by atoms with van der Waals surface area (Å²) in [5.74, 6) is 0.345. The molecule has 0 spiro atoms. The molecule has 0 atom stereocenters. The minimum Gasteiger partial charge on any atom is -0.493 e. The number of rotatable bonds is 4. The van der Waals surface area contributed by atoms with Crippen LogP contribution in [0.2, 0.25) is 5.02 Å². The zero-order valence-electron chi connectivity index (χ0n) is 10.5. The van der Waals surface area contributed by atoms with Gasteiger partial charge in [-0.3, -0.25) is 4.79 Å². The Morgan fingerprint density at radius 3 is 2.67 bits per heavy atom. The van der Waals surface area contributed by atoms with Crippen LogP contribution in [0.5, 0.6) is 5.75 Å². The number of halogens is 2. The second-order valence-corrected chi connectivity index (χ2v) is 5.97. The normalized spacial score (nSPS) is 11.2. The maximum absolute atomic E-state index is 11.8. The number of nitrogens with one attached hydrogen (secondary N) is 1. The van der Waals surface area contributed by atoms with Crippen LogP contribution < -0.4 is 15.8 Å². The Balaban J connectivity index is 2.93. The van der Waals surface area contributed by atoms with Crippen molar-refractivity contribution < 1.29 is 9.53 Å². The van der Waals surface area contributed by atoms with Gasteiger partial charge in [-0.2, -0.15) is 0 Å². The van der Waals surface area contributed by atoms with Gasteiger partial charge < -0.3 is 15.8 Å². The van der Waals surface area contributed by atoms with Crippen LogP contribution in [-0.4, -0.2) is 18.6 Å². The van der Waals surface area contributed by atoms with E-state index in [2.05, 4.69) is 21.2 Å². The van der Waals surface area contributed by atoms with Crippen molar-refractivity contribution >= 4 is 39.1 Å². The van der Waals surface area contributed by atoms with Crippen LogP contribution in [0.25, 0.3) is 0 Å². The molecule has 3 N–H and O–H groups in total. The van der Waals surface area contributed by atoms with Gasteiger partial charge in [-0.05, 0) is 41.9 Å². The Morgan fingerprint density at radius 1 is 1.56 bits per heavy atom. The minimum absolute atomic E-state index is 0.185. The van der Waals surface area contributed by atoms with E-state index in [0.717, 1.165) is 0 Å². The van der Waals surface area contributed by atoms with Crippen molar-refractivity contribution in [3.63, 3.8) is 0 Å². The van der Waals surface area contributed by atoms with Crippen LogP contribution >= 0.6 is 27.5 Å². The average Bonchev–Trinajstić information content (AvgIpc) is 2.13. The quantitative estimate of drug-likeness (QED) is 0.888. The number of nitrogens with two attached hydrogens (primary N) is 1. The van der Waals surface area contributed by atoms with Gasteiger partial charge in [0.25, 0.3) is 0 Å². The molecular weight excluding hydrogens is 320 g/mol. The summed E-state index contributed by atoms with van der Waals surface area (Å²) >= 11 is 9.26. The molecule has 0 radical (unpaired) electrons. The number of hydrogen-bond acceptors (Lipinski definition) is 3. The Bertz CT molecular complexity index is 458. The standard InChI is InChI=1S/C12H16BrClN2O2/c1-12(2,15)6-10(17)16-9-5-7(14)4-8(13)11(9)18-3/h4-5H,6,15H2,1-3H3,(H,16,17). The van der Waals surface area contributed by atoms with Crippen molar-refractivity contribution in [2.75, 3.05) is 12.4 Å². The molecule has 4 nitrogen and oxygen atoms in total. The molecule has 1 aromatic carbocycles. The van der Waals surface area contributed by atoms with Gasteiger partial charge in [-0.15, -0.1) is 0 Å². The van der Waals surface area contributed by atoms with E-state index < -0.39 is 5.54 Å². The van der Waals surface area contributed by atoms with E-state index in [0.29, 0.717) is 20.9 Å². The van der Waals surface area contributed by atoms with Crippen molar-refractivity contribution in [1.29, 1.82) is 0 Å². The molecular formula is C12H16BrClN2O2. The van der Waals surface area contributed by atoms with E-state index in [-0.39, 0.29) is 12.3 Å². The monoisotopic (exact) mass is 334 g/mol. The van der Waals surface area contributed by atoms with Crippen molar-refractivity contribution in [3.05, 3.63) is 21.6 Å².